The van der Waals surface area contributed by atoms with Gasteiger partial charge >= 0.3 is 0 Å². The number of amides is 1. The monoisotopic (exact) mass is 396 g/mol. The topological polar surface area (TPSA) is 51.2 Å². The first-order valence-electron chi connectivity index (χ1n) is 9.30. The van der Waals surface area contributed by atoms with E-state index < -0.39 is 0 Å². The molecule has 2 aromatic carbocycles. The summed E-state index contributed by atoms with van der Waals surface area (Å²) in [4.78, 5) is 17.4. The van der Waals surface area contributed by atoms with Crippen molar-refractivity contribution < 1.29 is 13.9 Å². The van der Waals surface area contributed by atoms with Crippen molar-refractivity contribution in [3.8, 4) is 10.6 Å². The summed E-state index contributed by atoms with van der Waals surface area (Å²) in [7, 11) is 0. The molecule has 1 saturated heterocycles. The fraction of sp³-hybridized carbons (Fsp3) is 0.273. The molecule has 3 aromatic rings. The van der Waals surface area contributed by atoms with Crippen LogP contribution in [0.25, 0.3) is 10.6 Å². The number of hydrogen-bond donors (Lipinski definition) is 1. The van der Waals surface area contributed by atoms with E-state index in [4.69, 9.17) is 4.74 Å². The molecule has 0 aliphatic carbocycles. The zero-order chi connectivity index (χ0) is 19.4. The van der Waals surface area contributed by atoms with Gasteiger partial charge in [-0.3, -0.25) is 4.79 Å². The van der Waals surface area contributed by atoms with Gasteiger partial charge in [-0.25, -0.2) is 9.37 Å². The third-order valence-electron chi connectivity index (χ3n) is 5.26. The maximum atomic E-state index is 14.0. The van der Waals surface area contributed by atoms with Crippen molar-refractivity contribution in [2.45, 2.75) is 18.3 Å². The highest BCUT2D eigenvalue weighted by Gasteiger charge is 2.35. The van der Waals surface area contributed by atoms with Crippen LogP contribution < -0.4 is 5.32 Å². The van der Waals surface area contributed by atoms with Crippen LogP contribution in [-0.4, -0.2) is 30.6 Å². The Morgan fingerprint density at radius 3 is 2.57 bits per heavy atom. The molecule has 6 heteroatoms. The number of hydrogen-bond acceptors (Lipinski definition) is 4. The Balaban J connectivity index is 1.50. The maximum Gasteiger partial charge on any atom is 0.263 e. The van der Waals surface area contributed by atoms with Crippen LogP contribution in [0.3, 0.4) is 0 Å². The molecule has 0 spiro atoms. The lowest BCUT2D eigenvalue weighted by Gasteiger charge is -2.37. The van der Waals surface area contributed by atoms with E-state index in [1.165, 1.54) is 29.2 Å². The number of ether oxygens (including phenoxy) is 1. The van der Waals surface area contributed by atoms with Crippen LogP contribution >= 0.6 is 11.3 Å². The van der Waals surface area contributed by atoms with Gasteiger partial charge in [-0.2, -0.15) is 0 Å². The average molecular weight is 396 g/mol. The molecular formula is C22H21FN2O2S. The molecule has 1 N–H and O–H groups in total. The third kappa shape index (κ3) is 3.84. The Morgan fingerprint density at radius 2 is 1.82 bits per heavy atom. The van der Waals surface area contributed by atoms with Crippen molar-refractivity contribution in [3.63, 3.8) is 0 Å². The molecule has 4 rings (SSSR count). The van der Waals surface area contributed by atoms with E-state index in [0.717, 1.165) is 12.8 Å². The first-order valence-corrected chi connectivity index (χ1v) is 10.1. The van der Waals surface area contributed by atoms with Crippen molar-refractivity contribution in [2.75, 3.05) is 19.8 Å². The van der Waals surface area contributed by atoms with Gasteiger partial charge in [0.05, 0.1) is 6.20 Å². The molecule has 1 aliphatic heterocycles. The Morgan fingerprint density at radius 1 is 1.11 bits per heavy atom. The summed E-state index contributed by atoms with van der Waals surface area (Å²) in [5, 5.41) is 3.58. The molecule has 4 nitrogen and oxygen atoms in total. The molecule has 0 atom stereocenters. The van der Waals surface area contributed by atoms with Gasteiger partial charge in [-0.1, -0.05) is 42.5 Å². The second-order valence-electron chi connectivity index (χ2n) is 6.95. The smallest absolute Gasteiger partial charge is 0.263 e. The van der Waals surface area contributed by atoms with Gasteiger partial charge in [0.1, 0.15) is 15.7 Å². The van der Waals surface area contributed by atoms with Crippen LogP contribution in [0.15, 0.2) is 60.8 Å². The lowest BCUT2D eigenvalue weighted by atomic mass is 9.74. The highest BCUT2D eigenvalue weighted by Crippen LogP contribution is 2.34. The van der Waals surface area contributed by atoms with Gasteiger partial charge < -0.3 is 10.1 Å². The normalized spacial score (nSPS) is 15.9. The van der Waals surface area contributed by atoms with Gasteiger partial charge in [0.25, 0.3) is 5.91 Å². The van der Waals surface area contributed by atoms with Crippen LogP contribution in [-0.2, 0) is 10.2 Å². The summed E-state index contributed by atoms with van der Waals surface area (Å²) in [6, 6.07) is 16.7. The molecule has 0 unspecified atom stereocenters. The number of halogens is 1. The standard InChI is InChI=1S/C22H21FN2O2S/c23-18-9-5-4-8-17(18)21-24-14-19(28-21)20(26)25-15-22(10-12-27-13-11-22)16-6-2-1-3-7-16/h1-9,14H,10-13,15H2,(H,25,26). The van der Waals surface area contributed by atoms with Crippen LogP contribution in [0, 0.1) is 5.82 Å². The molecule has 0 radical (unpaired) electrons. The van der Waals surface area contributed by atoms with E-state index in [1.807, 2.05) is 18.2 Å². The number of carbonyl (C=O) groups excluding carboxylic acids is 1. The summed E-state index contributed by atoms with van der Waals surface area (Å²) in [5.74, 6) is -0.518. The minimum Gasteiger partial charge on any atom is -0.381 e. The van der Waals surface area contributed by atoms with E-state index in [9.17, 15) is 9.18 Å². The average Bonchev–Trinajstić information content (AvgIpc) is 3.24. The molecule has 1 aliphatic rings. The van der Waals surface area contributed by atoms with Crippen LogP contribution in [0.1, 0.15) is 28.1 Å². The first kappa shape index (κ1) is 18.8. The summed E-state index contributed by atoms with van der Waals surface area (Å²) >= 11 is 1.20. The highest BCUT2D eigenvalue weighted by atomic mass is 32.1. The molecule has 28 heavy (non-hydrogen) atoms. The van der Waals surface area contributed by atoms with Crippen LogP contribution in [0.4, 0.5) is 4.39 Å². The van der Waals surface area contributed by atoms with Gasteiger partial charge in [0, 0.05) is 30.7 Å². The predicted octanol–water partition coefficient (Wildman–Crippen LogP) is 4.43. The Kier molecular flexibility index (Phi) is 5.50. The zero-order valence-electron chi connectivity index (χ0n) is 15.4. The summed E-state index contributed by atoms with van der Waals surface area (Å²) in [6.45, 7) is 1.90. The van der Waals surface area contributed by atoms with Crippen molar-refractivity contribution in [2.24, 2.45) is 0 Å². The van der Waals surface area contributed by atoms with E-state index in [1.54, 1.807) is 18.2 Å². The molecule has 0 saturated carbocycles. The van der Waals surface area contributed by atoms with E-state index in [0.29, 0.717) is 35.2 Å². The van der Waals surface area contributed by atoms with Crippen molar-refractivity contribution in [3.05, 3.63) is 77.1 Å². The SMILES string of the molecule is O=C(NCC1(c2ccccc2)CCOCC1)c1cnc(-c2ccccc2F)s1. The molecule has 2 heterocycles. The number of thiazole rings is 1. The summed E-state index contributed by atoms with van der Waals surface area (Å²) < 4.78 is 19.5. The van der Waals surface area contributed by atoms with E-state index in [-0.39, 0.29) is 17.1 Å². The number of aromatic nitrogens is 1. The number of nitrogens with zero attached hydrogens (tertiary/aromatic N) is 1. The molecule has 1 amide bonds. The second kappa shape index (κ2) is 8.20. The number of nitrogens with one attached hydrogen (secondary N) is 1. The number of rotatable bonds is 5. The Bertz CT molecular complexity index is 952. The molecule has 144 valence electrons. The highest BCUT2D eigenvalue weighted by molar-refractivity contribution is 7.16. The molecule has 1 aromatic heterocycles. The van der Waals surface area contributed by atoms with E-state index in [2.05, 4.69) is 22.4 Å². The minimum absolute atomic E-state index is 0.131. The fourth-order valence-electron chi connectivity index (χ4n) is 3.60. The lowest BCUT2D eigenvalue weighted by Crippen LogP contribution is -2.44. The van der Waals surface area contributed by atoms with Gasteiger partial charge in [-0.05, 0) is 30.5 Å². The third-order valence-corrected chi connectivity index (χ3v) is 6.29. The zero-order valence-corrected chi connectivity index (χ0v) is 16.2. The first-order chi connectivity index (χ1) is 13.7. The summed E-state index contributed by atoms with van der Waals surface area (Å²) in [5.41, 5.74) is 1.50. The van der Waals surface area contributed by atoms with Crippen molar-refractivity contribution in [1.29, 1.82) is 0 Å². The van der Waals surface area contributed by atoms with Gasteiger partial charge in [0.15, 0.2) is 0 Å². The largest absolute Gasteiger partial charge is 0.381 e. The molecule has 1 fully saturated rings. The second-order valence-corrected chi connectivity index (χ2v) is 7.98. The van der Waals surface area contributed by atoms with Gasteiger partial charge in [-0.15, -0.1) is 11.3 Å². The van der Waals surface area contributed by atoms with Crippen LogP contribution in [0.2, 0.25) is 0 Å². The summed E-state index contributed by atoms with van der Waals surface area (Å²) in [6.07, 6.45) is 3.24. The van der Waals surface area contributed by atoms with E-state index >= 15 is 0 Å². The number of carbonyl (C=O) groups is 1. The van der Waals surface area contributed by atoms with Gasteiger partial charge in [0.2, 0.25) is 0 Å². The van der Waals surface area contributed by atoms with Crippen molar-refractivity contribution >= 4 is 17.2 Å². The lowest BCUT2D eigenvalue weighted by molar-refractivity contribution is 0.0487. The number of benzene rings is 2. The fourth-order valence-corrected chi connectivity index (χ4v) is 4.46. The Hall–Kier alpha value is -2.57. The quantitative estimate of drug-likeness (QED) is 0.694. The predicted molar refractivity (Wildman–Crippen MR) is 108 cm³/mol. The molecule has 0 bridgehead atoms. The Labute approximate surface area is 167 Å². The minimum atomic E-state index is -0.339. The molecular weight excluding hydrogens is 375 g/mol. The van der Waals surface area contributed by atoms with Crippen LogP contribution in [0.5, 0.6) is 0 Å². The maximum absolute atomic E-state index is 14.0. The van der Waals surface area contributed by atoms with Crippen molar-refractivity contribution in [1.82, 2.24) is 10.3 Å².